The minimum absolute atomic E-state index is 0.283. The summed E-state index contributed by atoms with van der Waals surface area (Å²) in [7, 11) is 0. The van der Waals surface area contributed by atoms with Gasteiger partial charge in [-0.3, -0.25) is 4.79 Å². The van der Waals surface area contributed by atoms with Crippen LogP contribution in [-0.4, -0.2) is 36.6 Å². The van der Waals surface area contributed by atoms with Gasteiger partial charge >= 0.3 is 0 Å². The van der Waals surface area contributed by atoms with Gasteiger partial charge in [-0.05, 0) is 25.2 Å². The van der Waals surface area contributed by atoms with E-state index in [0.717, 1.165) is 24.5 Å². The smallest absolute Gasteiger partial charge is 0.249 e. The molecular formula is C12H17NO2. The molecule has 3 rings (SSSR count). The number of nitrogens with zero attached hydrogens (tertiary/aromatic N) is 1. The highest BCUT2D eigenvalue weighted by molar-refractivity contribution is 5.94. The first-order valence-corrected chi connectivity index (χ1v) is 5.92. The summed E-state index contributed by atoms with van der Waals surface area (Å²) < 4.78 is 5.23. The first-order chi connectivity index (χ1) is 7.34. The molecule has 3 nitrogen and oxygen atoms in total. The number of fused-ring (bicyclic) bond motifs is 2. The van der Waals surface area contributed by atoms with Gasteiger partial charge in [-0.15, -0.1) is 0 Å². The molecule has 0 aromatic rings. The van der Waals surface area contributed by atoms with Crippen molar-refractivity contribution in [3.8, 4) is 0 Å². The Morgan fingerprint density at radius 3 is 3.00 bits per heavy atom. The highest BCUT2D eigenvalue weighted by Crippen LogP contribution is 2.38. The Morgan fingerprint density at radius 2 is 2.40 bits per heavy atom. The first-order valence-electron chi connectivity index (χ1n) is 5.92. The summed E-state index contributed by atoms with van der Waals surface area (Å²) in [5.74, 6) is 1.07. The van der Waals surface area contributed by atoms with Gasteiger partial charge in [0, 0.05) is 24.6 Å². The van der Waals surface area contributed by atoms with E-state index in [2.05, 4.69) is 4.90 Å². The van der Waals surface area contributed by atoms with Crippen molar-refractivity contribution in [3.05, 3.63) is 11.6 Å². The van der Waals surface area contributed by atoms with E-state index >= 15 is 0 Å². The molecule has 15 heavy (non-hydrogen) atoms. The van der Waals surface area contributed by atoms with E-state index in [1.54, 1.807) is 0 Å². The van der Waals surface area contributed by atoms with Gasteiger partial charge in [0.05, 0.1) is 13.2 Å². The van der Waals surface area contributed by atoms with Crippen LogP contribution in [0.5, 0.6) is 0 Å². The zero-order valence-electron chi connectivity index (χ0n) is 8.95. The van der Waals surface area contributed by atoms with Gasteiger partial charge in [0.15, 0.2) is 0 Å². The maximum absolute atomic E-state index is 12.2. The third-order valence-electron chi connectivity index (χ3n) is 3.91. The molecule has 0 N–H and O–H groups in total. The highest BCUT2D eigenvalue weighted by Gasteiger charge is 2.40. The van der Waals surface area contributed by atoms with E-state index in [1.807, 2.05) is 6.08 Å². The molecule has 3 heteroatoms. The lowest BCUT2D eigenvalue weighted by atomic mass is 10.1. The van der Waals surface area contributed by atoms with E-state index in [1.165, 1.54) is 19.3 Å². The number of carbonyl (C=O) groups excluding carboxylic acids is 1. The molecule has 1 amide bonds. The van der Waals surface area contributed by atoms with Crippen LogP contribution >= 0.6 is 0 Å². The van der Waals surface area contributed by atoms with Crippen molar-refractivity contribution in [2.45, 2.75) is 31.7 Å². The molecule has 2 bridgehead atoms. The second-order valence-electron chi connectivity index (χ2n) is 4.84. The number of piperidine rings is 1. The Labute approximate surface area is 90.1 Å². The van der Waals surface area contributed by atoms with Crippen LogP contribution in [0.1, 0.15) is 25.7 Å². The Hall–Kier alpha value is -0.830. The molecule has 0 radical (unpaired) electrons. The van der Waals surface area contributed by atoms with Crippen molar-refractivity contribution >= 4 is 5.91 Å². The molecule has 1 aliphatic carbocycles. The zero-order chi connectivity index (χ0) is 10.3. The quantitative estimate of drug-likeness (QED) is 0.649. The lowest BCUT2D eigenvalue weighted by Crippen LogP contribution is -2.39. The van der Waals surface area contributed by atoms with Gasteiger partial charge in [-0.1, -0.05) is 6.08 Å². The summed E-state index contributed by atoms with van der Waals surface area (Å²) in [5.41, 5.74) is 0.980. The monoisotopic (exact) mass is 207 g/mol. The molecule has 1 saturated heterocycles. The molecule has 0 spiro atoms. The molecule has 0 aromatic heterocycles. The van der Waals surface area contributed by atoms with E-state index in [4.69, 9.17) is 4.74 Å². The van der Waals surface area contributed by atoms with Crippen LogP contribution in [0, 0.1) is 5.92 Å². The Balaban J connectivity index is 1.72. The van der Waals surface area contributed by atoms with Gasteiger partial charge in [0.1, 0.15) is 0 Å². The number of carbonyl (C=O) groups is 1. The van der Waals surface area contributed by atoms with E-state index in [-0.39, 0.29) is 5.91 Å². The summed E-state index contributed by atoms with van der Waals surface area (Å²) in [4.78, 5) is 14.3. The fourth-order valence-electron chi connectivity index (χ4n) is 3.08. The molecule has 3 aliphatic rings. The zero-order valence-corrected chi connectivity index (χ0v) is 8.95. The van der Waals surface area contributed by atoms with Crippen LogP contribution in [0.3, 0.4) is 0 Å². The summed E-state index contributed by atoms with van der Waals surface area (Å²) in [6, 6.07) is 0.547. The molecule has 2 aliphatic heterocycles. The Morgan fingerprint density at radius 1 is 1.47 bits per heavy atom. The number of hydrogen-bond donors (Lipinski definition) is 0. The van der Waals surface area contributed by atoms with Crippen LogP contribution in [0.2, 0.25) is 0 Å². The summed E-state index contributed by atoms with van der Waals surface area (Å²) in [5, 5.41) is 0. The molecular weight excluding hydrogens is 190 g/mol. The largest absolute Gasteiger partial charge is 0.377 e. The van der Waals surface area contributed by atoms with Crippen molar-refractivity contribution < 1.29 is 9.53 Å². The molecule has 82 valence electrons. The van der Waals surface area contributed by atoms with Crippen LogP contribution < -0.4 is 0 Å². The van der Waals surface area contributed by atoms with Gasteiger partial charge in [0.25, 0.3) is 0 Å². The summed E-state index contributed by atoms with van der Waals surface area (Å²) >= 11 is 0. The molecule has 0 aromatic carbocycles. The third kappa shape index (κ3) is 1.59. The number of likely N-dealkylation sites (tertiary alicyclic amines) is 1. The molecule has 2 heterocycles. The fourth-order valence-corrected chi connectivity index (χ4v) is 3.08. The number of hydrogen-bond acceptors (Lipinski definition) is 2. The average molecular weight is 207 g/mol. The molecule has 1 saturated carbocycles. The summed E-state index contributed by atoms with van der Waals surface area (Å²) in [6.45, 7) is 2.32. The number of ether oxygens (including phenoxy) is 1. The predicted molar refractivity (Wildman–Crippen MR) is 56.4 cm³/mol. The standard InChI is InChI=1S/C12H17NO2/c14-12(10-3-5-15-6-4-10)13-8-9-1-2-11(13)7-9/h3,9,11H,1-2,4-8H2. The van der Waals surface area contributed by atoms with Crippen LogP contribution in [0.15, 0.2) is 11.6 Å². The minimum atomic E-state index is 0.283. The van der Waals surface area contributed by atoms with Crippen molar-refractivity contribution in [1.29, 1.82) is 0 Å². The lowest BCUT2D eigenvalue weighted by molar-refractivity contribution is -0.129. The van der Waals surface area contributed by atoms with Gasteiger partial charge in [-0.25, -0.2) is 0 Å². The maximum atomic E-state index is 12.2. The van der Waals surface area contributed by atoms with E-state index in [0.29, 0.717) is 19.3 Å². The van der Waals surface area contributed by atoms with E-state index in [9.17, 15) is 4.79 Å². The average Bonchev–Trinajstić information content (AvgIpc) is 2.91. The van der Waals surface area contributed by atoms with Gasteiger partial charge in [0.2, 0.25) is 5.91 Å². The van der Waals surface area contributed by atoms with Crippen LogP contribution in [0.4, 0.5) is 0 Å². The van der Waals surface area contributed by atoms with Crippen LogP contribution in [-0.2, 0) is 9.53 Å². The molecule has 2 unspecified atom stereocenters. The summed E-state index contributed by atoms with van der Waals surface area (Å²) in [6.07, 6.45) is 6.55. The molecule has 2 atom stereocenters. The number of rotatable bonds is 1. The minimum Gasteiger partial charge on any atom is -0.377 e. The Bertz CT molecular complexity index is 311. The van der Waals surface area contributed by atoms with Gasteiger partial charge in [-0.2, -0.15) is 0 Å². The van der Waals surface area contributed by atoms with Crippen molar-refractivity contribution in [2.75, 3.05) is 19.8 Å². The van der Waals surface area contributed by atoms with Crippen LogP contribution in [0.25, 0.3) is 0 Å². The maximum Gasteiger partial charge on any atom is 0.249 e. The number of amides is 1. The second-order valence-corrected chi connectivity index (χ2v) is 4.84. The van der Waals surface area contributed by atoms with Crippen molar-refractivity contribution in [1.82, 2.24) is 4.90 Å². The molecule has 2 fully saturated rings. The lowest BCUT2D eigenvalue weighted by Gasteiger charge is -2.28. The van der Waals surface area contributed by atoms with E-state index < -0.39 is 0 Å². The normalized spacial score (nSPS) is 34.4. The van der Waals surface area contributed by atoms with Gasteiger partial charge < -0.3 is 9.64 Å². The Kier molecular flexibility index (Phi) is 2.28. The van der Waals surface area contributed by atoms with Crippen molar-refractivity contribution in [2.24, 2.45) is 5.92 Å². The predicted octanol–water partition coefficient (Wildman–Crippen LogP) is 1.34. The highest BCUT2D eigenvalue weighted by atomic mass is 16.5. The topological polar surface area (TPSA) is 29.5 Å². The SMILES string of the molecule is O=C(C1=CCOCC1)N1CC2CCC1C2. The second kappa shape index (κ2) is 3.63. The van der Waals surface area contributed by atoms with Crippen molar-refractivity contribution in [3.63, 3.8) is 0 Å². The first kappa shape index (κ1) is 9.40. The fraction of sp³-hybridized carbons (Fsp3) is 0.750. The third-order valence-corrected chi connectivity index (χ3v) is 3.91.